The fourth-order valence-corrected chi connectivity index (χ4v) is 2.74. The molecule has 2 aromatic carbocycles. The van der Waals surface area contributed by atoms with Gasteiger partial charge in [0, 0.05) is 16.1 Å². The Balaban J connectivity index is 2.49. The van der Waals surface area contributed by atoms with Crippen molar-refractivity contribution in [1.29, 1.82) is 0 Å². The van der Waals surface area contributed by atoms with Gasteiger partial charge < -0.3 is 0 Å². The van der Waals surface area contributed by atoms with Crippen molar-refractivity contribution in [3.05, 3.63) is 63.6 Å². The van der Waals surface area contributed by atoms with Crippen LogP contribution in [0.2, 0.25) is 10.0 Å². The molecule has 0 fully saturated rings. The molecular weight excluding hydrogens is 323 g/mol. The highest BCUT2D eigenvalue weighted by atomic mass is 35.5. The molecule has 0 aliphatic rings. The number of ketones is 1. The van der Waals surface area contributed by atoms with Crippen molar-refractivity contribution in [3.8, 4) is 0 Å². The Kier molecular flexibility index (Phi) is 4.15. The highest BCUT2D eigenvalue weighted by Gasteiger charge is 2.18. The molecule has 2 rings (SSSR count). The lowest BCUT2D eigenvalue weighted by atomic mass is 10.0. The van der Waals surface area contributed by atoms with E-state index in [9.17, 15) is 13.2 Å². The number of carbonyl (C=O) groups is 1. The van der Waals surface area contributed by atoms with Gasteiger partial charge in [0.15, 0.2) is 5.78 Å². The molecule has 4 nitrogen and oxygen atoms in total. The van der Waals surface area contributed by atoms with Crippen LogP contribution in [0.5, 0.6) is 0 Å². The van der Waals surface area contributed by atoms with E-state index in [2.05, 4.69) is 0 Å². The molecule has 0 saturated carbocycles. The lowest BCUT2D eigenvalue weighted by Crippen LogP contribution is -2.05. The van der Waals surface area contributed by atoms with E-state index in [0.29, 0.717) is 10.6 Å². The number of hydrogen-bond acceptors (Lipinski definition) is 3. The van der Waals surface area contributed by atoms with E-state index in [0.717, 1.165) is 6.07 Å². The number of carbonyl (C=O) groups excluding carboxylic acids is 1. The van der Waals surface area contributed by atoms with Gasteiger partial charge in [0.05, 0.1) is 5.02 Å². The van der Waals surface area contributed by atoms with Crippen molar-refractivity contribution in [3.63, 3.8) is 0 Å². The molecule has 0 spiro atoms. The second-order valence-corrected chi connectivity index (χ2v) is 6.19. The predicted octanol–water partition coefficient (Wildman–Crippen LogP) is 3.47. The van der Waals surface area contributed by atoms with Gasteiger partial charge in [-0.05, 0) is 42.5 Å². The molecule has 0 heterocycles. The molecule has 0 aromatic heterocycles. The third-order valence-electron chi connectivity index (χ3n) is 2.58. The van der Waals surface area contributed by atoms with Gasteiger partial charge in [-0.2, -0.15) is 8.42 Å². The first-order valence-corrected chi connectivity index (χ1v) is 7.56. The Morgan fingerprint density at radius 1 is 0.950 bits per heavy atom. The molecule has 0 unspecified atom stereocenters. The van der Waals surface area contributed by atoms with Crippen molar-refractivity contribution >= 4 is 39.1 Å². The molecule has 0 saturated heterocycles. The summed E-state index contributed by atoms with van der Waals surface area (Å²) in [4.78, 5) is 11.7. The van der Waals surface area contributed by atoms with Crippen LogP contribution in [0.15, 0.2) is 47.4 Å². The van der Waals surface area contributed by atoms with Gasteiger partial charge in [0.2, 0.25) is 0 Å². The molecule has 0 radical (unpaired) electrons. The Morgan fingerprint density at radius 2 is 1.50 bits per heavy atom. The van der Waals surface area contributed by atoms with Crippen molar-refractivity contribution in [2.24, 2.45) is 0 Å². The Morgan fingerprint density at radius 3 is 2.05 bits per heavy atom. The monoisotopic (exact) mass is 330 g/mol. The van der Waals surface area contributed by atoms with E-state index in [1.807, 2.05) is 0 Å². The molecule has 0 aliphatic carbocycles. The zero-order valence-electron chi connectivity index (χ0n) is 9.88. The summed E-state index contributed by atoms with van der Waals surface area (Å²) in [5.41, 5.74) is 0.447. The minimum atomic E-state index is -4.48. The molecule has 0 aliphatic heterocycles. The maximum absolute atomic E-state index is 12.2. The van der Waals surface area contributed by atoms with E-state index in [-0.39, 0.29) is 10.6 Å². The number of rotatable bonds is 3. The summed E-state index contributed by atoms with van der Waals surface area (Å²) in [6.07, 6.45) is 0. The molecule has 1 N–H and O–H groups in total. The summed E-state index contributed by atoms with van der Waals surface area (Å²) in [6.45, 7) is 0. The molecule has 7 heteroatoms. The quantitative estimate of drug-likeness (QED) is 0.690. The minimum absolute atomic E-state index is 0.101. The van der Waals surface area contributed by atoms with Gasteiger partial charge in [-0.1, -0.05) is 23.2 Å². The lowest BCUT2D eigenvalue weighted by molar-refractivity contribution is 0.103. The average molecular weight is 331 g/mol. The van der Waals surface area contributed by atoms with E-state index >= 15 is 0 Å². The zero-order valence-corrected chi connectivity index (χ0v) is 12.2. The van der Waals surface area contributed by atoms with Gasteiger partial charge in [0.1, 0.15) is 4.90 Å². The van der Waals surface area contributed by atoms with Gasteiger partial charge in [-0.25, -0.2) is 0 Å². The van der Waals surface area contributed by atoms with Crippen molar-refractivity contribution in [2.75, 3.05) is 0 Å². The SMILES string of the molecule is O=C(c1ccc(Cl)cc1)c1ccc(Cl)c(S(=O)(=O)O)c1. The Labute approximate surface area is 125 Å². The van der Waals surface area contributed by atoms with Crippen LogP contribution in [-0.2, 0) is 10.1 Å². The predicted molar refractivity (Wildman–Crippen MR) is 76.2 cm³/mol. The summed E-state index contributed by atoms with van der Waals surface area (Å²) in [5.74, 6) is -0.400. The normalized spacial score (nSPS) is 11.3. The van der Waals surface area contributed by atoms with Crippen LogP contribution in [0.3, 0.4) is 0 Å². The summed E-state index contributed by atoms with van der Waals surface area (Å²) in [7, 11) is -4.48. The van der Waals surface area contributed by atoms with Crippen LogP contribution in [-0.4, -0.2) is 18.8 Å². The first kappa shape index (κ1) is 15.0. The van der Waals surface area contributed by atoms with Gasteiger partial charge in [-0.15, -0.1) is 0 Å². The van der Waals surface area contributed by atoms with E-state index < -0.39 is 20.8 Å². The van der Waals surface area contributed by atoms with Gasteiger partial charge >= 0.3 is 0 Å². The van der Waals surface area contributed by atoms with Crippen molar-refractivity contribution < 1.29 is 17.8 Å². The lowest BCUT2D eigenvalue weighted by Gasteiger charge is -2.05. The molecule has 0 atom stereocenters. The number of hydrogen-bond donors (Lipinski definition) is 1. The highest BCUT2D eigenvalue weighted by molar-refractivity contribution is 7.86. The fraction of sp³-hybridized carbons (Fsp3) is 0. The largest absolute Gasteiger partial charge is 0.296 e. The Bertz CT molecular complexity index is 767. The average Bonchev–Trinajstić information content (AvgIpc) is 2.38. The first-order valence-electron chi connectivity index (χ1n) is 5.36. The van der Waals surface area contributed by atoms with Crippen molar-refractivity contribution in [1.82, 2.24) is 0 Å². The van der Waals surface area contributed by atoms with Crippen LogP contribution in [0, 0.1) is 0 Å². The molecule has 2 aromatic rings. The number of halogens is 2. The maximum atomic E-state index is 12.2. The summed E-state index contributed by atoms with van der Waals surface area (Å²) in [5, 5.41) is 0.330. The van der Waals surface area contributed by atoms with E-state index in [1.54, 1.807) is 12.1 Å². The number of benzene rings is 2. The topological polar surface area (TPSA) is 71.4 Å². The molecule has 20 heavy (non-hydrogen) atoms. The highest BCUT2D eigenvalue weighted by Crippen LogP contribution is 2.24. The van der Waals surface area contributed by atoms with Gasteiger partial charge in [0.25, 0.3) is 10.1 Å². The fourth-order valence-electron chi connectivity index (χ4n) is 1.61. The van der Waals surface area contributed by atoms with Crippen LogP contribution in [0.1, 0.15) is 15.9 Å². The van der Waals surface area contributed by atoms with Crippen molar-refractivity contribution in [2.45, 2.75) is 4.90 Å². The zero-order chi connectivity index (χ0) is 14.9. The minimum Gasteiger partial charge on any atom is -0.289 e. The third kappa shape index (κ3) is 3.19. The van der Waals surface area contributed by atoms with Crippen LogP contribution < -0.4 is 0 Å². The molecule has 104 valence electrons. The van der Waals surface area contributed by atoms with Crippen LogP contribution in [0.25, 0.3) is 0 Å². The van der Waals surface area contributed by atoms with Gasteiger partial charge in [-0.3, -0.25) is 9.35 Å². The first-order chi connectivity index (χ1) is 9.29. The van der Waals surface area contributed by atoms with E-state index in [1.165, 1.54) is 24.3 Å². The van der Waals surface area contributed by atoms with Crippen LogP contribution >= 0.6 is 23.2 Å². The van der Waals surface area contributed by atoms with E-state index in [4.69, 9.17) is 27.8 Å². The summed E-state index contributed by atoms with van der Waals surface area (Å²) < 4.78 is 31.3. The standard InChI is InChI=1S/C13H8Cl2O4S/c14-10-4-1-8(2-5-10)13(16)9-3-6-11(15)12(7-9)20(17,18)19/h1-7H,(H,17,18,19). The second kappa shape index (κ2) is 5.54. The third-order valence-corrected chi connectivity index (χ3v) is 4.16. The molecular formula is C13H8Cl2O4S. The summed E-state index contributed by atoms with van der Waals surface area (Å²) in [6, 6.07) is 9.80. The van der Waals surface area contributed by atoms with Crippen LogP contribution in [0.4, 0.5) is 0 Å². The smallest absolute Gasteiger partial charge is 0.289 e. The molecule has 0 bridgehead atoms. The second-order valence-electron chi connectivity index (χ2n) is 3.96. The molecule has 0 amide bonds. The maximum Gasteiger partial charge on any atom is 0.296 e. The summed E-state index contributed by atoms with van der Waals surface area (Å²) >= 11 is 11.4. The Hall–Kier alpha value is -1.40.